The Morgan fingerprint density at radius 1 is 1.36 bits per heavy atom. The standard InChI is InChI=1S/C18H19ClN4O2/c1-18(10-13-9-15(19)21-22-16(13)20-18)14-5-2-4-12(8-14)11-25-17(24)23-6-3-7-23/h2,4-5,8-9H,3,6-7,10-11H2,1H3,(H,20,22). The molecular formula is C18H19ClN4O2. The summed E-state index contributed by atoms with van der Waals surface area (Å²) < 4.78 is 5.39. The maximum Gasteiger partial charge on any atom is 0.410 e. The van der Waals surface area contributed by atoms with Gasteiger partial charge < -0.3 is 15.0 Å². The highest BCUT2D eigenvalue weighted by Gasteiger charge is 2.35. The van der Waals surface area contributed by atoms with Crippen molar-refractivity contribution in [2.24, 2.45) is 0 Å². The van der Waals surface area contributed by atoms with E-state index in [-0.39, 0.29) is 18.2 Å². The van der Waals surface area contributed by atoms with Gasteiger partial charge in [0.15, 0.2) is 11.0 Å². The van der Waals surface area contributed by atoms with E-state index < -0.39 is 0 Å². The van der Waals surface area contributed by atoms with Crippen LogP contribution in [0.5, 0.6) is 0 Å². The van der Waals surface area contributed by atoms with E-state index in [1.165, 1.54) is 0 Å². The predicted octanol–water partition coefficient (Wildman–Crippen LogP) is 3.36. The molecule has 3 heterocycles. The average molecular weight is 359 g/mol. The van der Waals surface area contributed by atoms with E-state index >= 15 is 0 Å². The summed E-state index contributed by atoms with van der Waals surface area (Å²) in [6, 6.07) is 9.93. The van der Waals surface area contributed by atoms with Crippen LogP contribution in [0.25, 0.3) is 0 Å². The number of rotatable bonds is 3. The topological polar surface area (TPSA) is 67.3 Å². The molecule has 130 valence electrons. The normalized spacial score (nSPS) is 21.3. The van der Waals surface area contributed by atoms with Gasteiger partial charge in [-0.05, 0) is 30.5 Å². The van der Waals surface area contributed by atoms with Gasteiger partial charge >= 0.3 is 6.09 Å². The molecule has 0 radical (unpaired) electrons. The first-order valence-corrected chi connectivity index (χ1v) is 8.73. The van der Waals surface area contributed by atoms with Crippen LogP contribution < -0.4 is 5.32 Å². The molecule has 0 bridgehead atoms. The Morgan fingerprint density at radius 3 is 2.96 bits per heavy atom. The first-order chi connectivity index (χ1) is 12.0. The van der Waals surface area contributed by atoms with E-state index in [0.717, 1.165) is 48.4 Å². The van der Waals surface area contributed by atoms with Crippen LogP contribution in [0, 0.1) is 0 Å². The van der Waals surface area contributed by atoms with Crippen LogP contribution in [0.1, 0.15) is 30.0 Å². The van der Waals surface area contributed by atoms with Crippen LogP contribution in [0.2, 0.25) is 5.15 Å². The van der Waals surface area contributed by atoms with Gasteiger partial charge in [0.1, 0.15) is 6.61 Å². The number of carbonyl (C=O) groups excluding carboxylic acids is 1. The van der Waals surface area contributed by atoms with Crippen molar-refractivity contribution in [3.63, 3.8) is 0 Å². The summed E-state index contributed by atoms with van der Waals surface area (Å²) in [7, 11) is 0. The molecule has 4 rings (SSSR count). The number of likely N-dealkylation sites (tertiary alicyclic amines) is 1. The van der Waals surface area contributed by atoms with Gasteiger partial charge in [0.2, 0.25) is 0 Å². The zero-order valence-electron chi connectivity index (χ0n) is 14.0. The van der Waals surface area contributed by atoms with Crippen molar-refractivity contribution >= 4 is 23.5 Å². The molecule has 1 aromatic heterocycles. The molecule has 1 unspecified atom stereocenters. The summed E-state index contributed by atoms with van der Waals surface area (Å²) in [5.41, 5.74) is 2.84. The third kappa shape index (κ3) is 3.14. The fourth-order valence-electron chi connectivity index (χ4n) is 3.24. The van der Waals surface area contributed by atoms with Gasteiger partial charge in [0.25, 0.3) is 0 Å². The maximum atomic E-state index is 11.8. The molecule has 2 aliphatic rings. The number of ether oxygens (including phenoxy) is 1. The van der Waals surface area contributed by atoms with Gasteiger partial charge in [-0.25, -0.2) is 4.79 Å². The minimum absolute atomic E-state index is 0.237. The molecule has 1 N–H and O–H groups in total. The number of aromatic nitrogens is 2. The lowest BCUT2D eigenvalue weighted by molar-refractivity contribution is 0.0754. The zero-order chi connectivity index (χ0) is 17.4. The summed E-state index contributed by atoms with van der Waals surface area (Å²) in [4.78, 5) is 13.6. The number of carbonyl (C=O) groups is 1. The van der Waals surface area contributed by atoms with Crippen LogP contribution in [0.4, 0.5) is 10.6 Å². The highest BCUT2D eigenvalue weighted by molar-refractivity contribution is 6.29. The smallest absolute Gasteiger partial charge is 0.410 e. The van der Waals surface area contributed by atoms with Gasteiger partial charge in [-0.2, -0.15) is 0 Å². The largest absolute Gasteiger partial charge is 0.445 e. The third-order valence-corrected chi connectivity index (χ3v) is 5.01. The average Bonchev–Trinajstić information content (AvgIpc) is 2.88. The van der Waals surface area contributed by atoms with E-state index in [1.807, 2.05) is 18.2 Å². The van der Waals surface area contributed by atoms with Crippen LogP contribution in [-0.4, -0.2) is 34.3 Å². The first-order valence-electron chi connectivity index (χ1n) is 8.35. The molecule has 1 amide bonds. The molecule has 0 spiro atoms. The van der Waals surface area contributed by atoms with Gasteiger partial charge in [-0.1, -0.05) is 35.9 Å². The molecule has 2 aromatic rings. The SMILES string of the molecule is CC1(c2cccc(COC(=O)N3CCC3)c2)Cc2cc(Cl)nnc2N1. The van der Waals surface area contributed by atoms with Crippen molar-refractivity contribution in [3.8, 4) is 0 Å². The summed E-state index contributed by atoms with van der Waals surface area (Å²) in [5, 5.41) is 11.9. The Morgan fingerprint density at radius 2 is 2.20 bits per heavy atom. The predicted molar refractivity (Wildman–Crippen MR) is 94.5 cm³/mol. The van der Waals surface area contributed by atoms with Gasteiger partial charge in [0.05, 0.1) is 5.54 Å². The molecule has 1 aromatic carbocycles. The number of amides is 1. The quantitative estimate of drug-likeness (QED) is 0.911. The molecule has 25 heavy (non-hydrogen) atoms. The summed E-state index contributed by atoms with van der Waals surface area (Å²) >= 11 is 5.95. The van der Waals surface area contributed by atoms with Gasteiger partial charge in [-0.15, -0.1) is 10.2 Å². The lowest BCUT2D eigenvalue weighted by atomic mass is 9.88. The Labute approximate surface area is 151 Å². The number of benzene rings is 1. The number of nitrogens with zero attached hydrogens (tertiary/aromatic N) is 3. The summed E-state index contributed by atoms with van der Waals surface area (Å²) in [6.45, 7) is 3.98. The lowest BCUT2D eigenvalue weighted by Crippen LogP contribution is -2.42. The zero-order valence-corrected chi connectivity index (χ0v) is 14.7. The molecule has 7 heteroatoms. The molecule has 1 saturated heterocycles. The molecule has 0 aliphatic carbocycles. The number of anilines is 1. The van der Waals surface area contributed by atoms with E-state index in [2.05, 4.69) is 34.6 Å². The fraction of sp³-hybridized carbons (Fsp3) is 0.389. The third-order valence-electron chi connectivity index (χ3n) is 4.82. The van der Waals surface area contributed by atoms with Crippen molar-refractivity contribution < 1.29 is 9.53 Å². The van der Waals surface area contributed by atoms with Crippen LogP contribution in [0.3, 0.4) is 0 Å². The second-order valence-corrected chi connectivity index (χ2v) is 7.16. The second kappa shape index (κ2) is 6.19. The second-order valence-electron chi connectivity index (χ2n) is 6.77. The molecule has 1 atom stereocenters. The Kier molecular flexibility index (Phi) is 4.00. The van der Waals surface area contributed by atoms with E-state index in [4.69, 9.17) is 16.3 Å². The molecule has 1 fully saturated rings. The highest BCUT2D eigenvalue weighted by atomic mass is 35.5. The van der Waals surface area contributed by atoms with E-state index in [1.54, 1.807) is 4.90 Å². The van der Waals surface area contributed by atoms with Crippen molar-refractivity contribution in [2.45, 2.75) is 31.9 Å². The number of halogens is 1. The van der Waals surface area contributed by atoms with Crippen molar-refractivity contribution in [3.05, 3.63) is 52.2 Å². The number of hydrogen-bond donors (Lipinski definition) is 1. The summed E-state index contributed by atoms with van der Waals surface area (Å²) in [5.74, 6) is 0.765. The van der Waals surface area contributed by atoms with E-state index in [9.17, 15) is 4.79 Å². The highest BCUT2D eigenvalue weighted by Crippen LogP contribution is 2.38. The molecular weight excluding hydrogens is 340 g/mol. The van der Waals surface area contributed by atoms with Gasteiger partial charge in [0, 0.05) is 25.1 Å². The maximum absolute atomic E-state index is 11.8. The van der Waals surface area contributed by atoms with Crippen molar-refractivity contribution in [2.75, 3.05) is 18.4 Å². The van der Waals surface area contributed by atoms with E-state index in [0.29, 0.717) is 5.15 Å². The van der Waals surface area contributed by atoms with Crippen LogP contribution in [-0.2, 0) is 23.3 Å². The van der Waals surface area contributed by atoms with Crippen LogP contribution in [0.15, 0.2) is 30.3 Å². The van der Waals surface area contributed by atoms with Crippen molar-refractivity contribution in [1.29, 1.82) is 0 Å². The molecule has 2 aliphatic heterocycles. The first kappa shape index (κ1) is 16.1. The monoisotopic (exact) mass is 358 g/mol. The van der Waals surface area contributed by atoms with Crippen LogP contribution >= 0.6 is 11.6 Å². The fourth-order valence-corrected chi connectivity index (χ4v) is 3.41. The Hall–Kier alpha value is -2.34. The molecule has 0 saturated carbocycles. The Balaban J connectivity index is 1.48. The number of nitrogens with one attached hydrogen (secondary N) is 1. The molecule has 6 nitrogen and oxygen atoms in total. The Bertz CT molecular complexity index is 824. The van der Waals surface area contributed by atoms with Crippen molar-refractivity contribution in [1.82, 2.24) is 15.1 Å². The minimum atomic E-state index is -0.292. The summed E-state index contributed by atoms with van der Waals surface area (Å²) in [6.07, 6.45) is 1.59. The van der Waals surface area contributed by atoms with Gasteiger partial charge in [-0.3, -0.25) is 0 Å². The lowest BCUT2D eigenvalue weighted by Gasteiger charge is -2.30. The number of hydrogen-bond acceptors (Lipinski definition) is 5. The number of fused-ring (bicyclic) bond motifs is 1. The minimum Gasteiger partial charge on any atom is -0.445 e.